The molecule has 0 saturated carbocycles. The highest BCUT2D eigenvalue weighted by Gasteiger charge is 2.24. The molecule has 0 N–H and O–H groups in total. The number of para-hydroxylation sites is 3. The topological polar surface area (TPSA) is 113 Å². The Labute approximate surface area is 675 Å². The van der Waals surface area contributed by atoms with Gasteiger partial charge < -0.3 is 18.0 Å². The largest absolute Gasteiger partial charge is 0.456 e. The first-order valence-corrected chi connectivity index (χ1v) is 39.8. The molecule has 10 heteroatoms. The van der Waals surface area contributed by atoms with Gasteiger partial charge in [-0.1, -0.05) is 267 Å². The van der Waals surface area contributed by atoms with Crippen LogP contribution in [0.4, 0.5) is 0 Å². The number of nitrogens with zero attached hydrogens (tertiary/aromatic N) is 8. The number of hydrogen-bond acceptors (Lipinski definition) is 8. The molecule has 24 rings (SSSR count). The normalized spacial score (nSPS) is 11.9. The van der Waals surface area contributed by atoms with Crippen molar-refractivity contribution in [2.45, 2.75) is 0 Å². The first kappa shape index (κ1) is 66.6. The summed E-state index contributed by atoms with van der Waals surface area (Å²) in [6.45, 7) is 0. The smallest absolute Gasteiger partial charge is 0.164 e. The SMILES string of the molecule is c1ccc(-c2nc(-c3ccc(-c4ccc5cc(-n6c7ccccc7c7cc(-c8ccc9c(c8)oc8ccc(-c%10nc(-c%11ccccc%11)nc(-c%11ccccc%11)n%10)cc89)ccc76)c6ccccc6c5c4)cc3)nc(-c3ccc4oc5cc(-c6ccc7c(c6)c6ccccc6n7-c6ccccc6-c6ccc7ccccc7c6)ccc5c4c3)n2)cc1. The second-order valence-electron chi connectivity index (χ2n) is 30.5. The predicted molar refractivity (Wildman–Crippen MR) is 483 cm³/mol. The minimum absolute atomic E-state index is 0.572. The molecule has 118 heavy (non-hydrogen) atoms. The van der Waals surface area contributed by atoms with Crippen molar-refractivity contribution in [3.05, 3.63) is 388 Å². The third-order valence-electron chi connectivity index (χ3n) is 23.6. The van der Waals surface area contributed by atoms with Crippen molar-refractivity contribution in [2.24, 2.45) is 0 Å². The standard InChI is InChI=1S/C108H64N8O2/c1-4-21-67(22-5-1)103-109-104(68-23-6-2-7-24-68)112-107(111-103)79-48-54-99-91(60-79)86-51-45-76(64-102(86)117-99)74-47-53-97-90(59-74)85-32-16-19-35-95(85)116(97)98-62-78-43-41-72(57-88(78)82-29-12-13-30-83(82)98)66-36-39-70(40-37-66)106-110-105(69-25-8-3-9-26-69)113-108(114-106)80-49-55-100-92(61-80)87-50-44-75(63-101(87)118-100)73-46-52-96-89(58-73)84-31-15-18-34-94(84)115(96)93-33-17-14-28-81(93)77-42-38-65-20-10-11-27-71(65)56-77/h1-64H. The second kappa shape index (κ2) is 26.8. The Morgan fingerprint density at radius 3 is 1.07 bits per heavy atom. The molecule has 0 aliphatic heterocycles. The Kier molecular flexibility index (Phi) is 15.1. The Bertz CT molecular complexity index is 8190. The summed E-state index contributed by atoms with van der Waals surface area (Å²) in [6, 6.07) is 138. The molecule has 0 saturated heterocycles. The predicted octanol–water partition coefficient (Wildman–Crippen LogP) is 28.2. The van der Waals surface area contributed by atoms with E-state index in [1.165, 1.54) is 54.2 Å². The summed E-state index contributed by atoms with van der Waals surface area (Å²) in [7, 11) is 0. The van der Waals surface area contributed by atoms with Gasteiger partial charge in [-0.05, 0) is 187 Å². The van der Waals surface area contributed by atoms with Gasteiger partial charge in [-0.25, -0.2) is 29.9 Å². The molecule has 6 heterocycles. The van der Waals surface area contributed by atoms with Crippen LogP contribution < -0.4 is 0 Å². The van der Waals surface area contributed by atoms with Gasteiger partial charge in [0.15, 0.2) is 34.9 Å². The van der Waals surface area contributed by atoms with E-state index in [-0.39, 0.29) is 0 Å². The van der Waals surface area contributed by atoms with Gasteiger partial charge in [-0.15, -0.1) is 0 Å². The summed E-state index contributed by atoms with van der Waals surface area (Å²) in [5, 5.41) is 15.8. The van der Waals surface area contributed by atoms with Crippen molar-refractivity contribution in [1.82, 2.24) is 39.0 Å². The Morgan fingerprint density at radius 2 is 0.517 bits per heavy atom. The Balaban J connectivity index is 0.529. The molecule has 0 radical (unpaired) electrons. The zero-order valence-electron chi connectivity index (χ0n) is 63.3. The molecule has 18 aromatic carbocycles. The van der Waals surface area contributed by atoms with Crippen LogP contribution in [-0.4, -0.2) is 39.0 Å². The quantitative estimate of drug-likeness (QED) is 0.111. The minimum Gasteiger partial charge on any atom is -0.456 e. The van der Waals surface area contributed by atoms with Crippen LogP contribution in [0, 0.1) is 0 Å². The molecule has 0 atom stereocenters. The molecule has 0 amide bonds. The van der Waals surface area contributed by atoms with E-state index in [0.29, 0.717) is 34.9 Å². The summed E-state index contributed by atoms with van der Waals surface area (Å²) in [5.41, 5.74) is 24.3. The number of hydrogen-bond donors (Lipinski definition) is 0. The Hall–Kier alpha value is -16.0. The summed E-state index contributed by atoms with van der Waals surface area (Å²) >= 11 is 0. The van der Waals surface area contributed by atoms with Gasteiger partial charge in [0.25, 0.3) is 0 Å². The fraction of sp³-hybridized carbons (Fsp3) is 0. The van der Waals surface area contributed by atoms with Crippen molar-refractivity contribution < 1.29 is 8.83 Å². The van der Waals surface area contributed by atoms with Crippen molar-refractivity contribution >= 4 is 120 Å². The molecular weight excluding hydrogens is 1440 g/mol. The fourth-order valence-corrected chi connectivity index (χ4v) is 17.8. The highest BCUT2D eigenvalue weighted by Crippen LogP contribution is 2.45. The van der Waals surface area contributed by atoms with Crippen molar-refractivity contribution in [3.63, 3.8) is 0 Å². The average Bonchev–Trinajstić information content (AvgIpc) is 1.59. The number of furan rings is 2. The van der Waals surface area contributed by atoms with E-state index >= 15 is 0 Å². The molecule has 0 fully saturated rings. The number of benzene rings is 18. The number of aromatic nitrogens is 8. The van der Waals surface area contributed by atoms with Gasteiger partial charge in [0.1, 0.15) is 22.3 Å². The maximum absolute atomic E-state index is 6.73. The highest BCUT2D eigenvalue weighted by atomic mass is 16.3. The van der Waals surface area contributed by atoms with E-state index in [2.05, 4.69) is 288 Å². The summed E-state index contributed by atoms with van der Waals surface area (Å²) in [6.07, 6.45) is 0. The fourth-order valence-electron chi connectivity index (χ4n) is 17.8. The van der Waals surface area contributed by atoms with Gasteiger partial charge >= 0.3 is 0 Å². The van der Waals surface area contributed by atoms with E-state index in [4.69, 9.17) is 38.7 Å². The maximum Gasteiger partial charge on any atom is 0.164 e. The van der Waals surface area contributed by atoms with E-state index in [9.17, 15) is 0 Å². The minimum atomic E-state index is 0.572. The number of fused-ring (bicyclic) bond motifs is 16. The lowest BCUT2D eigenvalue weighted by Crippen LogP contribution is -2.00. The van der Waals surface area contributed by atoms with E-state index in [0.717, 1.165) is 155 Å². The van der Waals surface area contributed by atoms with Crippen LogP contribution in [0.1, 0.15) is 0 Å². The van der Waals surface area contributed by atoms with Crippen LogP contribution in [0.5, 0.6) is 0 Å². The molecule has 548 valence electrons. The first-order chi connectivity index (χ1) is 58.4. The van der Waals surface area contributed by atoms with Gasteiger partial charge in [0.05, 0.1) is 33.4 Å². The van der Waals surface area contributed by atoms with Crippen LogP contribution in [0.15, 0.2) is 397 Å². The third kappa shape index (κ3) is 11.1. The summed E-state index contributed by atoms with van der Waals surface area (Å²) in [4.78, 5) is 30.6. The van der Waals surface area contributed by atoms with E-state index in [1.54, 1.807) is 0 Å². The van der Waals surface area contributed by atoms with Crippen LogP contribution in [0.25, 0.3) is 244 Å². The third-order valence-corrected chi connectivity index (χ3v) is 23.6. The van der Waals surface area contributed by atoms with Crippen LogP contribution in [0.2, 0.25) is 0 Å². The summed E-state index contributed by atoms with van der Waals surface area (Å²) < 4.78 is 18.3. The number of rotatable bonds is 12. The van der Waals surface area contributed by atoms with E-state index in [1.807, 2.05) is 109 Å². The van der Waals surface area contributed by atoms with Crippen molar-refractivity contribution in [1.29, 1.82) is 0 Å². The molecule has 0 aliphatic carbocycles. The Morgan fingerprint density at radius 1 is 0.161 bits per heavy atom. The average molecular weight is 1510 g/mol. The maximum atomic E-state index is 6.73. The first-order valence-electron chi connectivity index (χ1n) is 39.8. The van der Waals surface area contributed by atoms with Gasteiger partial charge in [-0.2, -0.15) is 0 Å². The monoisotopic (exact) mass is 1500 g/mol. The lowest BCUT2D eigenvalue weighted by Gasteiger charge is -2.15. The molecule has 0 unspecified atom stereocenters. The molecule has 0 aliphatic rings. The molecule has 6 aromatic heterocycles. The zero-order chi connectivity index (χ0) is 77.5. The zero-order valence-corrected chi connectivity index (χ0v) is 63.3. The van der Waals surface area contributed by atoms with Gasteiger partial charge in [-0.3, -0.25) is 0 Å². The van der Waals surface area contributed by atoms with E-state index < -0.39 is 0 Å². The lowest BCUT2D eigenvalue weighted by molar-refractivity contribution is 0.668. The lowest BCUT2D eigenvalue weighted by atomic mass is 9.95. The molecule has 0 bridgehead atoms. The molecule has 0 spiro atoms. The van der Waals surface area contributed by atoms with Gasteiger partial charge in [0.2, 0.25) is 0 Å². The van der Waals surface area contributed by atoms with Crippen LogP contribution >= 0.6 is 0 Å². The van der Waals surface area contributed by atoms with Crippen LogP contribution in [0.3, 0.4) is 0 Å². The van der Waals surface area contributed by atoms with Crippen LogP contribution in [-0.2, 0) is 0 Å². The van der Waals surface area contributed by atoms with Gasteiger partial charge in [0, 0.05) is 87.4 Å². The second-order valence-corrected chi connectivity index (χ2v) is 30.5. The van der Waals surface area contributed by atoms with Crippen molar-refractivity contribution in [3.8, 4) is 124 Å². The molecule has 10 nitrogen and oxygen atoms in total. The summed E-state index contributed by atoms with van der Waals surface area (Å²) in [5.74, 6) is 3.59. The van der Waals surface area contributed by atoms with Crippen molar-refractivity contribution in [2.75, 3.05) is 0 Å². The highest BCUT2D eigenvalue weighted by molar-refractivity contribution is 6.18. The molecule has 24 aromatic rings. The molecular formula is C108H64N8O2.